The van der Waals surface area contributed by atoms with E-state index in [0.717, 1.165) is 49.4 Å². The molecule has 8 nitrogen and oxygen atoms in total. The first-order chi connectivity index (χ1) is 18.4. The summed E-state index contributed by atoms with van der Waals surface area (Å²) in [6.45, 7) is 4.33. The maximum Gasteiger partial charge on any atom is 0.322 e. The van der Waals surface area contributed by atoms with E-state index in [1.165, 1.54) is 4.90 Å². The van der Waals surface area contributed by atoms with Crippen molar-refractivity contribution in [3.63, 3.8) is 0 Å². The van der Waals surface area contributed by atoms with Gasteiger partial charge in [0, 0.05) is 54.7 Å². The number of nitrogens with one attached hydrogen (secondary N) is 2. The number of carbonyl (C=O) groups excluding carboxylic acids is 2. The van der Waals surface area contributed by atoms with E-state index in [1.807, 2.05) is 24.3 Å². The van der Waals surface area contributed by atoms with Crippen molar-refractivity contribution in [2.24, 2.45) is 0 Å². The van der Waals surface area contributed by atoms with Gasteiger partial charge in [-0.3, -0.25) is 4.79 Å². The first-order valence-corrected chi connectivity index (χ1v) is 13.2. The van der Waals surface area contributed by atoms with Crippen LogP contribution in [-0.2, 0) is 17.8 Å². The van der Waals surface area contributed by atoms with Crippen LogP contribution in [0.5, 0.6) is 5.75 Å². The number of amides is 3. The molecule has 0 spiro atoms. The van der Waals surface area contributed by atoms with Gasteiger partial charge in [-0.2, -0.15) is 0 Å². The lowest BCUT2D eigenvalue weighted by atomic mass is 9.93. The Morgan fingerprint density at radius 2 is 1.58 bits per heavy atom. The minimum Gasteiger partial charge on any atom is -0.508 e. The van der Waals surface area contributed by atoms with Gasteiger partial charge in [-0.15, -0.1) is 0 Å². The van der Waals surface area contributed by atoms with E-state index in [-0.39, 0.29) is 24.2 Å². The van der Waals surface area contributed by atoms with Crippen molar-refractivity contribution in [3.05, 3.63) is 82.9 Å². The number of aromatic hydroxyl groups is 1. The second-order valence-electron chi connectivity index (χ2n) is 9.92. The third-order valence-corrected chi connectivity index (χ3v) is 7.45. The number of halogens is 1. The average molecular weight is 534 g/mol. The highest BCUT2D eigenvalue weighted by Crippen LogP contribution is 2.29. The number of benzene rings is 3. The van der Waals surface area contributed by atoms with Gasteiger partial charge in [-0.1, -0.05) is 17.7 Å². The lowest BCUT2D eigenvalue weighted by molar-refractivity contribution is -0.120. The molecule has 1 unspecified atom stereocenters. The normalized spacial score (nSPS) is 17.9. The van der Waals surface area contributed by atoms with Crippen molar-refractivity contribution in [2.45, 2.75) is 25.4 Å². The van der Waals surface area contributed by atoms with E-state index >= 15 is 0 Å². The van der Waals surface area contributed by atoms with Gasteiger partial charge in [0.2, 0.25) is 5.91 Å². The molecule has 1 atom stereocenters. The lowest BCUT2D eigenvalue weighted by Crippen LogP contribution is -2.52. The molecule has 1 fully saturated rings. The third kappa shape index (κ3) is 6.03. The van der Waals surface area contributed by atoms with Crippen LogP contribution in [0.15, 0.2) is 66.7 Å². The Morgan fingerprint density at radius 1 is 0.868 bits per heavy atom. The Labute approximate surface area is 227 Å². The predicted octanol–water partition coefficient (Wildman–Crippen LogP) is 4.79. The minimum absolute atomic E-state index is 0.136. The van der Waals surface area contributed by atoms with Gasteiger partial charge in [0.05, 0.1) is 0 Å². The topological polar surface area (TPSA) is 88.2 Å². The number of nitrogens with zero attached hydrogens (tertiary/aromatic N) is 3. The Balaban J connectivity index is 1.32. The minimum atomic E-state index is -0.752. The van der Waals surface area contributed by atoms with Gasteiger partial charge in [0.25, 0.3) is 0 Å². The van der Waals surface area contributed by atoms with E-state index in [4.69, 9.17) is 11.6 Å². The summed E-state index contributed by atoms with van der Waals surface area (Å²) < 4.78 is 0. The fraction of sp³-hybridized carbons (Fsp3) is 0.310. The highest BCUT2D eigenvalue weighted by atomic mass is 35.5. The molecule has 0 saturated carbocycles. The van der Waals surface area contributed by atoms with Crippen molar-refractivity contribution in [1.82, 2.24) is 9.80 Å². The van der Waals surface area contributed by atoms with Gasteiger partial charge >= 0.3 is 6.03 Å². The molecule has 9 heteroatoms. The number of rotatable bonds is 4. The number of hydrogen-bond donors (Lipinski definition) is 3. The Morgan fingerprint density at radius 3 is 2.34 bits per heavy atom. The number of phenols is 1. The van der Waals surface area contributed by atoms with Crippen molar-refractivity contribution in [3.8, 4) is 5.75 Å². The number of hydrogen-bond acceptors (Lipinski definition) is 5. The van der Waals surface area contributed by atoms with E-state index in [9.17, 15) is 14.7 Å². The zero-order valence-corrected chi connectivity index (χ0v) is 22.1. The van der Waals surface area contributed by atoms with E-state index in [2.05, 4.69) is 27.5 Å². The first-order valence-electron chi connectivity index (χ1n) is 12.8. The maximum atomic E-state index is 13.5. The molecule has 5 rings (SSSR count). The van der Waals surface area contributed by atoms with Gasteiger partial charge in [0.15, 0.2) is 0 Å². The van der Waals surface area contributed by atoms with Crippen LogP contribution >= 0.6 is 11.6 Å². The maximum absolute atomic E-state index is 13.5. The van der Waals surface area contributed by atoms with Crippen LogP contribution in [-0.4, -0.2) is 66.1 Å². The summed E-state index contributed by atoms with van der Waals surface area (Å²) in [6, 6.07) is 18.6. The van der Waals surface area contributed by atoms with Gasteiger partial charge < -0.3 is 30.4 Å². The smallest absolute Gasteiger partial charge is 0.322 e. The number of fused-ring (bicyclic) bond motifs is 1. The molecular weight excluding hydrogens is 502 g/mol. The van der Waals surface area contributed by atoms with Crippen LogP contribution in [0.25, 0.3) is 0 Å². The second-order valence-corrected chi connectivity index (χ2v) is 10.4. The van der Waals surface area contributed by atoms with E-state index in [0.29, 0.717) is 22.8 Å². The molecule has 0 aromatic heterocycles. The fourth-order valence-corrected chi connectivity index (χ4v) is 5.16. The number of anilines is 3. The SMILES string of the molecule is CN1CCCN(c2ccc(NC(=O)C3Cc4cc(O)ccc4CN3C(=O)Nc3ccc(Cl)cc3)cc2)CC1. The molecule has 2 aliphatic rings. The van der Waals surface area contributed by atoms with Crippen LogP contribution < -0.4 is 15.5 Å². The summed E-state index contributed by atoms with van der Waals surface area (Å²) in [5, 5.41) is 16.4. The number of likely N-dealkylation sites (N-methyl/N-ethyl adjacent to an activating group) is 1. The Bertz CT molecular complexity index is 1300. The molecule has 3 amide bonds. The number of carbonyl (C=O) groups is 2. The number of urea groups is 1. The molecule has 0 bridgehead atoms. The largest absolute Gasteiger partial charge is 0.508 e. The summed E-state index contributed by atoms with van der Waals surface area (Å²) in [6.07, 6.45) is 1.41. The molecule has 3 aromatic rings. The van der Waals surface area contributed by atoms with Gasteiger partial charge in [-0.05, 0) is 91.8 Å². The fourth-order valence-electron chi connectivity index (χ4n) is 5.03. The zero-order valence-electron chi connectivity index (χ0n) is 21.4. The van der Waals surface area contributed by atoms with Crippen molar-refractivity contribution < 1.29 is 14.7 Å². The highest BCUT2D eigenvalue weighted by molar-refractivity contribution is 6.30. The van der Waals surface area contributed by atoms with Crippen molar-refractivity contribution in [1.29, 1.82) is 0 Å². The van der Waals surface area contributed by atoms with Crippen LogP contribution in [0.3, 0.4) is 0 Å². The molecule has 198 valence electrons. The van der Waals surface area contributed by atoms with Crippen LogP contribution in [0.4, 0.5) is 21.9 Å². The van der Waals surface area contributed by atoms with Crippen molar-refractivity contribution in [2.75, 3.05) is 48.8 Å². The quantitative estimate of drug-likeness (QED) is 0.449. The van der Waals surface area contributed by atoms with Crippen LogP contribution in [0.1, 0.15) is 17.5 Å². The zero-order chi connectivity index (χ0) is 26.6. The molecule has 3 N–H and O–H groups in total. The predicted molar refractivity (Wildman–Crippen MR) is 151 cm³/mol. The standard InChI is InChI=1S/C29H32ClN5O3/c1-33-13-2-14-34(16-15-33)25-10-8-23(9-11-25)31-28(37)27-18-21-17-26(36)12-3-20(21)19-35(27)29(38)32-24-6-4-22(30)5-7-24/h3-12,17,27,36H,2,13-16,18-19H2,1H3,(H,31,37)(H,32,38). The van der Waals surface area contributed by atoms with Crippen LogP contribution in [0, 0.1) is 0 Å². The lowest BCUT2D eigenvalue weighted by Gasteiger charge is -2.36. The second kappa shape index (κ2) is 11.3. The monoisotopic (exact) mass is 533 g/mol. The molecule has 0 aliphatic carbocycles. The molecule has 3 aromatic carbocycles. The van der Waals surface area contributed by atoms with Gasteiger partial charge in [-0.25, -0.2) is 4.79 Å². The van der Waals surface area contributed by atoms with Crippen LogP contribution in [0.2, 0.25) is 5.02 Å². The summed E-state index contributed by atoms with van der Waals surface area (Å²) in [5.74, 6) is -0.147. The van der Waals surface area contributed by atoms with Crippen molar-refractivity contribution >= 4 is 40.6 Å². The van der Waals surface area contributed by atoms with E-state index < -0.39 is 6.04 Å². The highest BCUT2D eigenvalue weighted by Gasteiger charge is 2.35. The first kappa shape index (κ1) is 25.9. The third-order valence-electron chi connectivity index (χ3n) is 7.20. The summed E-state index contributed by atoms with van der Waals surface area (Å²) in [5.41, 5.74) is 4.13. The van der Waals surface area contributed by atoms with E-state index in [1.54, 1.807) is 42.5 Å². The summed E-state index contributed by atoms with van der Waals surface area (Å²) in [7, 11) is 2.15. The molecule has 1 saturated heterocycles. The molecule has 2 heterocycles. The molecule has 38 heavy (non-hydrogen) atoms. The molecular formula is C29H32ClN5O3. The molecule has 2 aliphatic heterocycles. The summed E-state index contributed by atoms with van der Waals surface area (Å²) >= 11 is 5.97. The van der Waals surface area contributed by atoms with Gasteiger partial charge in [0.1, 0.15) is 11.8 Å². The average Bonchev–Trinajstić information content (AvgIpc) is 3.14. The molecule has 0 radical (unpaired) electrons. The Hall–Kier alpha value is -3.75. The Kier molecular flexibility index (Phi) is 7.72. The number of phenolic OH excluding ortho intramolecular Hbond substituents is 1. The summed E-state index contributed by atoms with van der Waals surface area (Å²) in [4.78, 5) is 33.1.